The van der Waals surface area contributed by atoms with Crippen LogP contribution in [-0.4, -0.2) is 0 Å². The second-order valence-corrected chi connectivity index (χ2v) is 7.92. The van der Waals surface area contributed by atoms with Crippen LogP contribution in [0.25, 0.3) is 0 Å². The Labute approximate surface area is 206 Å². The predicted octanol–water partition coefficient (Wildman–Crippen LogP) is 7.83. The smallest absolute Gasteiger partial charge is 0.0625 e. The molecule has 0 N–H and O–H groups in total. The average Bonchev–Trinajstić information content (AvgIpc) is 2.86. The van der Waals surface area contributed by atoms with Crippen molar-refractivity contribution in [2.75, 3.05) is 0 Å². The van der Waals surface area contributed by atoms with Crippen molar-refractivity contribution in [2.24, 2.45) is 5.92 Å². The van der Waals surface area contributed by atoms with Crippen molar-refractivity contribution in [1.82, 2.24) is 0 Å². The summed E-state index contributed by atoms with van der Waals surface area (Å²) < 4.78 is 0. The maximum Gasteiger partial charge on any atom is 3.00 e. The molecule has 0 heterocycles. The van der Waals surface area contributed by atoms with E-state index in [1.807, 2.05) is 6.42 Å². The number of hydrogen-bond acceptors (Lipinski definition) is 0. The summed E-state index contributed by atoms with van der Waals surface area (Å²) in [6.45, 7) is 29.8. The first kappa shape index (κ1) is 30.5. The van der Waals surface area contributed by atoms with E-state index < -0.39 is 0 Å². The first-order valence-corrected chi connectivity index (χ1v) is 9.73. The van der Waals surface area contributed by atoms with Crippen LogP contribution in [0.5, 0.6) is 0 Å². The van der Waals surface area contributed by atoms with Gasteiger partial charge in [0.15, 0.2) is 0 Å². The van der Waals surface area contributed by atoms with Crippen LogP contribution in [0.15, 0.2) is 0 Å². The SMILES string of the molecule is C[C]1[C](C)[C](C)[C](C)[C]1C.C[C]1[C](C)[C](C)[C](C)[C]1C.[CH2][CH][CH]C(C)C.[Sm+3]. The van der Waals surface area contributed by atoms with Gasteiger partial charge in [-0.25, -0.2) is 0 Å². The van der Waals surface area contributed by atoms with Gasteiger partial charge in [0.1, 0.15) is 0 Å². The standard InChI is InChI=1S/2C10H15.C6H11.Sm/c2*1-6-7(2)9(4)10(5)8(6)3;1-4-5-6(2)3;/h2*1-5H3;4-6H,1H2,2-3H3;/q;;;+3. The van der Waals surface area contributed by atoms with E-state index >= 15 is 0 Å². The van der Waals surface area contributed by atoms with Gasteiger partial charge in [-0.2, -0.15) is 0 Å². The molecule has 14 radical (unpaired) electrons. The molecule has 2 saturated carbocycles. The van der Waals surface area contributed by atoms with E-state index in [-0.39, 0.29) is 40.4 Å². The molecule has 2 aliphatic rings. The van der Waals surface area contributed by atoms with Crippen molar-refractivity contribution in [3.05, 3.63) is 78.9 Å². The van der Waals surface area contributed by atoms with Crippen LogP contribution in [0.3, 0.4) is 0 Å². The molecule has 0 nitrogen and oxygen atoms in total. The fraction of sp³-hybridized carbons (Fsp3) is 0.500. The van der Waals surface area contributed by atoms with E-state index in [2.05, 4.69) is 96.4 Å². The van der Waals surface area contributed by atoms with Crippen molar-refractivity contribution in [3.8, 4) is 0 Å². The van der Waals surface area contributed by atoms with Gasteiger partial charge in [-0.1, -0.05) is 83.1 Å². The molecule has 1 heteroatoms. The van der Waals surface area contributed by atoms with Gasteiger partial charge in [0.05, 0.1) is 0 Å². The zero-order valence-corrected chi connectivity index (χ0v) is 22.5. The Hall–Kier alpha value is 1.34. The van der Waals surface area contributed by atoms with Gasteiger partial charge in [0.2, 0.25) is 0 Å². The monoisotopic (exact) mass is 505 g/mol. The normalized spacial score (nSPS) is 23.3. The van der Waals surface area contributed by atoms with Gasteiger partial charge in [-0.15, -0.1) is 0 Å². The van der Waals surface area contributed by atoms with E-state index in [1.165, 1.54) is 59.2 Å². The summed E-state index contributed by atoms with van der Waals surface area (Å²) in [5.41, 5.74) is 0. The topological polar surface area (TPSA) is 0 Å². The van der Waals surface area contributed by atoms with Crippen LogP contribution in [0.1, 0.15) is 83.1 Å². The summed E-state index contributed by atoms with van der Waals surface area (Å²) in [6.07, 6.45) is 3.88. The summed E-state index contributed by atoms with van der Waals surface area (Å²) in [5.74, 6) is 15.3. The summed E-state index contributed by atoms with van der Waals surface area (Å²) in [6, 6.07) is 0. The maximum absolute atomic E-state index is 3.55. The molecule has 148 valence electrons. The van der Waals surface area contributed by atoms with Crippen LogP contribution in [0.4, 0.5) is 0 Å². The van der Waals surface area contributed by atoms with Gasteiger partial charge < -0.3 is 0 Å². The van der Waals surface area contributed by atoms with Gasteiger partial charge in [0.25, 0.3) is 0 Å². The second kappa shape index (κ2) is 14.4. The van der Waals surface area contributed by atoms with Gasteiger partial charge in [0, 0.05) is 0 Å². The van der Waals surface area contributed by atoms with E-state index in [4.69, 9.17) is 0 Å². The number of hydrogen-bond donors (Lipinski definition) is 0. The molecule has 0 aromatic rings. The Kier molecular flexibility index (Phi) is 16.2. The zero-order valence-electron chi connectivity index (χ0n) is 19.8. The second-order valence-electron chi connectivity index (χ2n) is 7.92. The Morgan fingerprint density at radius 3 is 0.667 bits per heavy atom. The molecule has 0 spiro atoms. The minimum atomic E-state index is 0. The molecule has 0 aliphatic heterocycles. The molecule has 2 aliphatic carbocycles. The van der Waals surface area contributed by atoms with Crippen molar-refractivity contribution >= 4 is 0 Å². The van der Waals surface area contributed by atoms with Crippen LogP contribution in [0, 0.1) is 125 Å². The van der Waals surface area contributed by atoms with Gasteiger partial charge >= 0.3 is 40.4 Å². The first-order chi connectivity index (χ1) is 11.9. The van der Waals surface area contributed by atoms with Crippen molar-refractivity contribution in [3.63, 3.8) is 0 Å². The summed E-state index contributed by atoms with van der Waals surface area (Å²) in [4.78, 5) is 0. The van der Waals surface area contributed by atoms with Crippen molar-refractivity contribution in [2.45, 2.75) is 83.1 Å². The first-order valence-electron chi connectivity index (χ1n) is 9.73. The van der Waals surface area contributed by atoms with Crippen molar-refractivity contribution < 1.29 is 40.4 Å². The fourth-order valence-corrected chi connectivity index (χ4v) is 3.08. The Bertz CT molecular complexity index is 244. The van der Waals surface area contributed by atoms with E-state index in [0.29, 0.717) is 5.92 Å². The van der Waals surface area contributed by atoms with E-state index in [1.54, 1.807) is 0 Å². The summed E-state index contributed by atoms with van der Waals surface area (Å²) in [5, 5.41) is 0. The largest absolute Gasteiger partial charge is 3.00 e. The molecule has 0 unspecified atom stereocenters. The molecule has 27 heavy (non-hydrogen) atoms. The number of rotatable bonds is 2. The van der Waals surface area contributed by atoms with Gasteiger partial charge in [-0.3, -0.25) is 0 Å². The molecule has 0 aromatic heterocycles. The minimum Gasteiger partial charge on any atom is -0.0625 e. The minimum absolute atomic E-state index is 0. The third-order valence-corrected chi connectivity index (χ3v) is 6.15. The van der Waals surface area contributed by atoms with Crippen LogP contribution in [-0.2, 0) is 0 Å². The molecule has 0 saturated heterocycles. The third-order valence-electron chi connectivity index (χ3n) is 6.15. The maximum atomic E-state index is 3.55. The Morgan fingerprint density at radius 1 is 0.481 bits per heavy atom. The molecule has 0 bridgehead atoms. The van der Waals surface area contributed by atoms with E-state index in [0.717, 1.165) is 0 Å². The molecule has 0 aromatic carbocycles. The Morgan fingerprint density at radius 2 is 0.630 bits per heavy atom. The summed E-state index contributed by atoms with van der Waals surface area (Å²) >= 11 is 0. The molecular weight excluding hydrogens is 463 g/mol. The fourth-order valence-electron chi connectivity index (χ4n) is 3.08. The van der Waals surface area contributed by atoms with Crippen LogP contribution < -0.4 is 0 Å². The molecule has 2 fully saturated rings. The van der Waals surface area contributed by atoms with Crippen molar-refractivity contribution in [1.29, 1.82) is 0 Å². The van der Waals surface area contributed by atoms with Crippen LogP contribution in [0.2, 0.25) is 0 Å². The van der Waals surface area contributed by atoms with E-state index in [9.17, 15) is 0 Å². The Balaban J connectivity index is 0. The predicted molar refractivity (Wildman–Crippen MR) is 118 cm³/mol. The quantitative estimate of drug-likeness (QED) is 0.360. The third kappa shape index (κ3) is 8.93. The molecule has 2 rings (SSSR count). The summed E-state index contributed by atoms with van der Waals surface area (Å²) in [7, 11) is 0. The average molecular weight is 504 g/mol. The van der Waals surface area contributed by atoms with Crippen LogP contribution >= 0.6 is 0 Å². The molecule has 0 atom stereocenters. The van der Waals surface area contributed by atoms with Gasteiger partial charge in [-0.05, 0) is 84.9 Å². The zero-order chi connectivity index (χ0) is 20.8. The molecular formula is C26H41Sm+3. The molecule has 0 amide bonds.